The van der Waals surface area contributed by atoms with Gasteiger partial charge in [0.1, 0.15) is 0 Å². The molecule has 182 valence electrons. The van der Waals surface area contributed by atoms with E-state index in [4.69, 9.17) is 12.2 Å². The Morgan fingerprint density at radius 1 is 1.17 bits per heavy atom. The van der Waals surface area contributed by atoms with E-state index in [9.17, 15) is 4.79 Å². The summed E-state index contributed by atoms with van der Waals surface area (Å²) in [7, 11) is 0. The zero-order chi connectivity index (χ0) is 24.4. The Morgan fingerprint density at radius 2 is 2.00 bits per heavy atom. The number of amides is 1. The van der Waals surface area contributed by atoms with E-state index in [0.717, 1.165) is 22.5 Å². The molecule has 2 aliphatic rings. The molecule has 1 amide bonds. The lowest BCUT2D eigenvalue weighted by atomic mass is 9.99. The number of thiocarbonyl (C=S) groups is 1. The monoisotopic (exact) mass is 487 g/mol. The number of hydrogen-bond donors (Lipinski definition) is 2. The number of aromatic nitrogens is 2. The van der Waals surface area contributed by atoms with Gasteiger partial charge in [0, 0.05) is 43.3 Å². The Balaban J connectivity index is 1.36. The first-order valence-electron chi connectivity index (χ1n) is 12.5. The summed E-state index contributed by atoms with van der Waals surface area (Å²) in [6, 6.07) is 14.8. The SMILES string of the molecule is Cc1ccc(C)c(NC(=O)CCN2C(=S)N[C@H](c3ccccn3)[C@H]2c2ccn(C3CCCC3)c2)c1. The number of pyridine rings is 1. The van der Waals surface area contributed by atoms with Gasteiger partial charge in [-0.1, -0.05) is 31.0 Å². The maximum atomic E-state index is 12.9. The minimum atomic E-state index is -0.0646. The lowest BCUT2D eigenvalue weighted by Crippen LogP contribution is -2.32. The quantitative estimate of drug-likeness (QED) is 0.424. The third-order valence-electron chi connectivity index (χ3n) is 7.27. The molecule has 3 aromatic rings. The highest BCUT2D eigenvalue weighted by Gasteiger charge is 2.40. The second-order valence-electron chi connectivity index (χ2n) is 9.77. The van der Waals surface area contributed by atoms with Gasteiger partial charge in [0.25, 0.3) is 0 Å². The van der Waals surface area contributed by atoms with Crippen molar-refractivity contribution in [2.75, 3.05) is 11.9 Å². The molecule has 0 spiro atoms. The summed E-state index contributed by atoms with van der Waals surface area (Å²) in [6.45, 7) is 4.58. The van der Waals surface area contributed by atoms with Gasteiger partial charge < -0.3 is 20.1 Å². The minimum absolute atomic E-state index is 0.00920. The van der Waals surface area contributed by atoms with Crippen molar-refractivity contribution in [3.63, 3.8) is 0 Å². The van der Waals surface area contributed by atoms with Crippen LogP contribution in [0.4, 0.5) is 5.69 Å². The van der Waals surface area contributed by atoms with Crippen LogP contribution in [0.1, 0.15) is 72.6 Å². The summed E-state index contributed by atoms with van der Waals surface area (Å²) in [6.07, 6.45) is 11.7. The molecule has 0 unspecified atom stereocenters. The molecular weight excluding hydrogens is 454 g/mol. The molecule has 35 heavy (non-hydrogen) atoms. The van der Waals surface area contributed by atoms with Crippen molar-refractivity contribution >= 4 is 28.9 Å². The van der Waals surface area contributed by atoms with E-state index >= 15 is 0 Å². The smallest absolute Gasteiger partial charge is 0.226 e. The van der Waals surface area contributed by atoms with Gasteiger partial charge in [-0.05, 0) is 79.9 Å². The van der Waals surface area contributed by atoms with Gasteiger partial charge in [-0.3, -0.25) is 9.78 Å². The molecule has 2 atom stereocenters. The molecule has 1 aliphatic carbocycles. The van der Waals surface area contributed by atoms with Crippen molar-refractivity contribution in [2.24, 2.45) is 0 Å². The maximum absolute atomic E-state index is 12.9. The summed E-state index contributed by atoms with van der Waals surface area (Å²) in [4.78, 5) is 19.7. The van der Waals surface area contributed by atoms with Crippen LogP contribution in [0, 0.1) is 13.8 Å². The van der Waals surface area contributed by atoms with Crippen molar-refractivity contribution in [1.29, 1.82) is 0 Å². The number of rotatable bonds is 7. The first kappa shape index (κ1) is 23.5. The Labute approximate surface area is 212 Å². The van der Waals surface area contributed by atoms with Crippen molar-refractivity contribution in [1.82, 2.24) is 19.8 Å². The fourth-order valence-corrected chi connectivity index (χ4v) is 5.68. The van der Waals surface area contributed by atoms with Crippen LogP contribution in [0.2, 0.25) is 0 Å². The van der Waals surface area contributed by atoms with Crippen molar-refractivity contribution in [2.45, 2.75) is 64.1 Å². The molecular formula is C28H33N5OS. The normalized spacial score (nSPS) is 20.3. The predicted octanol–water partition coefficient (Wildman–Crippen LogP) is 5.62. The first-order valence-corrected chi connectivity index (χ1v) is 12.9. The van der Waals surface area contributed by atoms with Gasteiger partial charge in [-0.2, -0.15) is 0 Å². The Kier molecular flexibility index (Phi) is 6.86. The van der Waals surface area contributed by atoms with Crippen LogP contribution < -0.4 is 10.6 Å². The molecule has 2 N–H and O–H groups in total. The summed E-state index contributed by atoms with van der Waals surface area (Å²) in [5, 5.41) is 7.24. The highest BCUT2D eigenvalue weighted by molar-refractivity contribution is 7.80. The van der Waals surface area contributed by atoms with Crippen LogP contribution in [-0.4, -0.2) is 32.0 Å². The van der Waals surface area contributed by atoms with Crippen molar-refractivity contribution in [3.8, 4) is 0 Å². The van der Waals surface area contributed by atoms with Crippen LogP contribution in [-0.2, 0) is 4.79 Å². The van der Waals surface area contributed by atoms with Gasteiger partial charge in [0.05, 0.1) is 17.8 Å². The first-order chi connectivity index (χ1) is 17.0. The summed E-state index contributed by atoms with van der Waals surface area (Å²) >= 11 is 5.78. The van der Waals surface area contributed by atoms with Crippen LogP contribution in [0.25, 0.3) is 0 Å². The molecule has 1 aliphatic heterocycles. The average molecular weight is 488 g/mol. The minimum Gasteiger partial charge on any atom is -0.352 e. The molecule has 2 aromatic heterocycles. The van der Waals surface area contributed by atoms with E-state index in [0.29, 0.717) is 24.1 Å². The molecule has 2 fully saturated rings. The van der Waals surface area contributed by atoms with E-state index < -0.39 is 0 Å². The van der Waals surface area contributed by atoms with Gasteiger partial charge >= 0.3 is 0 Å². The van der Waals surface area contributed by atoms with Gasteiger partial charge in [-0.25, -0.2) is 0 Å². The van der Waals surface area contributed by atoms with Crippen LogP contribution in [0.15, 0.2) is 61.1 Å². The lowest BCUT2D eigenvalue weighted by molar-refractivity contribution is -0.116. The van der Waals surface area contributed by atoms with E-state index in [2.05, 4.69) is 49.6 Å². The molecule has 7 heteroatoms. The molecule has 0 radical (unpaired) electrons. The Morgan fingerprint density at radius 3 is 2.77 bits per heavy atom. The number of carbonyl (C=O) groups excluding carboxylic acids is 1. The van der Waals surface area contributed by atoms with Crippen LogP contribution in [0.3, 0.4) is 0 Å². The molecule has 6 nitrogen and oxygen atoms in total. The molecule has 1 saturated carbocycles. The van der Waals surface area contributed by atoms with Gasteiger partial charge in [0.15, 0.2) is 5.11 Å². The third kappa shape index (κ3) is 5.10. The summed E-state index contributed by atoms with van der Waals surface area (Å²) < 4.78 is 2.37. The van der Waals surface area contributed by atoms with E-state index in [-0.39, 0.29) is 18.0 Å². The molecule has 3 heterocycles. The molecule has 0 bridgehead atoms. The van der Waals surface area contributed by atoms with E-state index in [1.165, 1.54) is 31.2 Å². The van der Waals surface area contributed by atoms with Crippen molar-refractivity contribution in [3.05, 3.63) is 83.4 Å². The van der Waals surface area contributed by atoms with Crippen LogP contribution >= 0.6 is 12.2 Å². The number of carbonyl (C=O) groups is 1. The third-order valence-corrected chi connectivity index (χ3v) is 7.62. The Bertz CT molecular complexity index is 1200. The number of benzene rings is 1. The number of anilines is 1. The van der Waals surface area contributed by atoms with Crippen LogP contribution in [0.5, 0.6) is 0 Å². The number of aryl methyl sites for hydroxylation is 2. The zero-order valence-electron chi connectivity index (χ0n) is 20.4. The second kappa shape index (κ2) is 10.2. The largest absolute Gasteiger partial charge is 0.352 e. The maximum Gasteiger partial charge on any atom is 0.226 e. The van der Waals surface area contributed by atoms with Gasteiger partial charge in [0.2, 0.25) is 5.91 Å². The van der Waals surface area contributed by atoms with Crippen molar-refractivity contribution < 1.29 is 4.79 Å². The summed E-state index contributed by atoms with van der Waals surface area (Å²) in [5.74, 6) is -0.00920. The highest BCUT2D eigenvalue weighted by Crippen LogP contribution is 2.40. The topological polar surface area (TPSA) is 62.2 Å². The molecule has 1 aromatic carbocycles. The second-order valence-corrected chi connectivity index (χ2v) is 10.2. The standard InChI is InChI=1S/C28H33N5OS/c1-19-10-11-20(2)24(17-19)30-25(34)13-16-33-27(21-12-15-32(18-21)22-7-3-4-8-22)26(31-28(33)35)23-9-5-6-14-29-23/h5-6,9-12,14-15,17-18,22,26-27H,3-4,7-8,13,16H2,1-2H3,(H,30,34)(H,31,35)/t26-,27-/m1/s1. The van der Waals surface area contributed by atoms with Gasteiger partial charge in [-0.15, -0.1) is 0 Å². The zero-order valence-corrected chi connectivity index (χ0v) is 21.2. The summed E-state index contributed by atoms with van der Waals surface area (Å²) in [5.41, 5.74) is 5.21. The number of nitrogens with one attached hydrogen (secondary N) is 2. The lowest BCUT2D eigenvalue weighted by Gasteiger charge is -2.27. The van der Waals surface area contributed by atoms with E-state index in [1.54, 1.807) is 0 Å². The fourth-order valence-electron chi connectivity index (χ4n) is 5.35. The number of nitrogens with zero attached hydrogens (tertiary/aromatic N) is 3. The highest BCUT2D eigenvalue weighted by atomic mass is 32.1. The Hall–Kier alpha value is -3.19. The number of hydrogen-bond acceptors (Lipinski definition) is 3. The molecule has 1 saturated heterocycles. The average Bonchev–Trinajstić information content (AvgIpc) is 3.60. The predicted molar refractivity (Wildman–Crippen MR) is 143 cm³/mol. The fraction of sp³-hybridized carbons (Fsp3) is 0.393. The molecule has 5 rings (SSSR count). The van der Waals surface area contributed by atoms with E-state index in [1.807, 2.05) is 50.4 Å².